The number of nitrogens with one attached hydrogen (secondary N) is 1. The molecular weight excluding hydrogens is 438 g/mol. The lowest BCUT2D eigenvalue weighted by atomic mass is 10.2. The summed E-state index contributed by atoms with van der Waals surface area (Å²) in [7, 11) is 0. The lowest BCUT2D eigenvalue weighted by Crippen LogP contribution is -2.20. The lowest BCUT2D eigenvalue weighted by molar-refractivity contribution is 0.0949. The Morgan fingerprint density at radius 1 is 1.35 bits per heavy atom. The summed E-state index contributed by atoms with van der Waals surface area (Å²) in [5, 5.41) is 19.2. The molecule has 4 rings (SSSR count). The van der Waals surface area contributed by atoms with Gasteiger partial charge in [0.15, 0.2) is 5.69 Å². The Morgan fingerprint density at radius 3 is 2.97 bits per heavy atom. The second-order valence-corrected chi connectivity index (χ2v) is 8.35. The molecule has 0 aliphatic carbocycles. The molecule has 0 spiro atoms. The number of aromatic nitrogens is 5. The van der Waals surface area contributed by atoms with Crippen LogP contribution >= 0.6 is 23.5 Å². The molecule has 3 N–H and O–H groups in total. The number of carbonyl (C=O) groups excluding carboxylic acids is 1. The van der Waals surface area contributed by atoms with Crippen LogP contribution in [0.4, 0.5) is 5.82 Å². The average molecular weight is 456 g/mol. The number of hydrazone groups is 1. The summed E-state index contributed by atoms with van der Waals surface area (Å²) in [6, 6.07) is 9.74. The van der Waals surface area contributed by atoms with Crippen LogP contribution in [-0.2, 0) is 5.75 Å². The highest BCUT2D eigenvalue weighted by Gasteiger charge is 2.24. The van der Waals surface area contributed by atoms with Crippen molar-refractivity contribution in [3.8, 4) is 5.82 Å². The van der Waals surface area contributed by atoms with Crippen molar-refractivity contribution < 1.29 is 9.42 Å². The zero-order valence-electron chi connectivity index (χ0n) is 16.1. The predicted molar refractivity (Wildman–Crippen MR) is 121 cm³/mol. The first-order valence-electron chi connectivity index (χ1n) is 9.10. The molecular formula is C18H17N9O2S2. The van der Waals surface area contributed by atoms with Crippen LogP contribution in [0.25, 0.3) is 11.9 Å². The summed E-state index contributed by atoms with van der Waals surface area (Å²) in [6.45, 7) is 0.781. The third-order valence-electron chi connectivity index (χ3n) is 3.98. The van der Waals surface area contributed by atoms with E-state index in [1.165, 1.54) is 22.7 Å². The van der Waals surface area contributed by atoms with Crippen molar-refractivity contribution in [3.63, 3.8) is 0 Å². The number of thioether (sulfide) groups is 2. The number of anilines is 1. The molecule has 158 valence electrons. The molecule has 1 amide bonds. The zero-order valence-corrected chi connectivity index (χ0v) is 17.7. The van der Waals surface area contributed by atoms with Gasteiger partial charge in [-0.3, -0.25) is 9.79 Å². The third kappa shape index (κ3) is 5.19. The second kappa shape index (κ2) is 10.0. The minimum absolute atomic E-state index is 0.0414. The Bertz CT molecular complexity index is 1140. The van der Waals surface area contributed by atoms with E-state index in [-0.39, 0.29) is 17.3 Å². The maximum absolute atomic E-state index is 12.7. The summed E-state index contributed by atoms with van der Waals surface area (Å²) >= 11 is 3.15. The standard InChI is InChI=1S/C18H17N9O2S2/c19-15-16(25-29-24-15)27-13(11-31-18-20-9-10-30-18)14(22-26-27)17(28)23-21-8-4-7-12-5-2-1-3-6-12/h1-8H,9-11H2,(H2,19,24)(H,23,28)/b7-4+,21-8-. The normalized spacial score (nSPS) is 13.9. The monoisotopic (exact) mass is 455 g/mol. The molecule has 13 heteroatoms. The van der Waals surface area contributed by atoms with Crippen molar-refractivity contribution in [2.24, 2.45) is 10.1 Å². The Hall–Kier alpha value is -3.45. The summed E-state index contributed by atoms with van der Waals surface area (Å²) in [6.07, 6.45) is 5.07. The van der Waals surface area contributed by atoms with Crippen molar-refractivity contribution in [1.29, 1.82) is 0 Å². The van der Waals surface area contributed by atoms with Gasteiger partial charge in [-0.25, -0.2) is 10.1 Å². The molecule has 1 aromatic carbocycles. The van der Waals surface area contributed by atoms with Gasteiger partial charge < -0.3 is 5.73 Å². The molecule has 2 aromatic heterocycles. The topological polar surface area (TPSA) is 149 Å². The van der Waals surface area contributed by atoms with Gasteiger partial charge in [-0.1, -0.05) is 65.1 Å². The van der Waals surface area contributed by atoms with E-state index in [0.717, 1.165) is 22.2 Å². The highest BCUT2D eigenvalue weighted by atomic mass is 32.2. The Labute approximate surface area is 185 Å². The van der Waals surface area contributed by atoms with Gasteiger partial charge in [0.2, 0.25) is 11.6 Å². The molecule has 0 bridgehead atoms. The fourth-order valence-corrected chi connectivity index (χ4v) is 4.56. The Balaban J connectivity index is 1.48. The predicted octanol–water partition coefficient (Wildman–Crippen LogP) is 2.00. The van der Waals surface area contributed by atoms with Crippen LogP contribution in [-0.4, -0.2) is 54.1 Å². The van der Waals surface area contributed by atoms with E-state index in [1.54, 1.807) is 17.8 Å². The summed E-state index contributed by atoms with van der Waals surface area (Å²) in [5.74, 6) is 1.02. The van der Waals surface area contributed by atoms with Gasteiger partial charge in [0, 0.05) is 17.7 Å². The first-order chi connectivity index (χ1) is 15.2. The largest absolute Gasteiger partial charge is 0.378 e. The molecule has 0 unspecified atom stereocenters. The fraction of sp³-hybridized carbons (Fsp3) is 0.167. The van der Waals surface area contributed by atoms with Crippen molar-refractivity contribution in [2.45, 2.75) is 5.75 Å². The van der Waals surface area contributed by atoms with E-state index < -0.39 is 5.91 Å². The van der Waals surface area contributed by atoms with Crippen LogP contribution in [0.15, 0.2) is 51.1 Å². The number of nitrogens with zero attached hydrogens (tertiary/aromatic N) is 7. The summed E-state index contributed by atoms with van der Waals surface area (Å²) in [4.78, 5) is 17.1. The van der Waals surface area contributed by atoms with Crippen LogP contribution < -0.4 is 11.2 Å². The molecule has 0 saturated carbocycles. The first kappa shape index (κ1) is 20.8. The highest BCUT2D eigenvalue weighted by molar-refractivity contribution is 8.38. The van der Waals surface area contributed by atoms with Crippen molar-refractivity contribution in [1.82, 2.24) is 30.7 Å². The number of nitrogens with two attached hydrogens (primary N) is 1. The van der Waals surface area contributed by atoms with Gasteiger partial charge in [-0.05, 0) is 22.0 Å². The Kier molecular flexibility index (Phi) is 6.74. The highest BCUT2D eigenvalue weighted by Crippen LogP contribution is 2.27. The number of allylic oxidation sites excluding steroid dienone is 1. The molecule has 0 radical (unpaired) electrons. The van der Waals surface area contributed by atoms with E-state index in [0.29, 0.717) is 11.4 Å². The number of aliphatic imine (C=N–C) groups is 1. The van der Waals surface area contributed by atoms with Crippen LogP contribution in [0, 0.1) is 0 Å². The number of carbonyl (C=O) groups is 1. The summed E-state index contributed by atoms with van der Waals surface area (Å²) < 4.78 is 6.93. The average Bonchev–Trinajstić information content (AvgIpc) is 3.53. The number of rotatable bonds is 7. The fourth-order valence-electron chi connectivity index (χ4n) is 2.56. The molecule has 3 aromatic rings. The van der Waals surface area contributed by atoms with Gasteiger partial charge in [-0.2, -0.15) is 9.78 Å². The zero-order chi connectivity index (χ0) is 21.5. The third-order valence-corrected chi connectivity index (χ3v) is 6.24. The number of nitrogen functional groups attached to an aromatic ring is 1. The van der Waals surface area contributed by atoms with Crippen LogP contribution in [0.3, 0.4) is 0 Å². The number of benzene rings is 1. The number of hydrogen-bond acceptors (Lipinski definition) is 11. The SMILES string of the molecule is Nc1nonc1-n1nnc(C(=O)N/N=C\C=C\c2ccccc2)c1CSC1=NCCS1. The Morgan fingerprint density at radius 2 is 2.23 bits per heavy atom. The molecule has 3 heterocycles. The van der Waals surface area contributed by atoms with E-state index in [9.17, 15) is 4.79 Å². The molecule has 31 heavy (non-hydrogen) atoms. The van der Waals surface area contributed by atoms with Crippen LogP contribution in [0.2, 0.25) is 0 Å². The van der Waals surface area contributed by atoms with E-state index >= 15 is 0 Å². The van der Waals surface area contributed by atoms with Gasteiger partial charge in [0.25, 0.3) is 5.91 Å². The second-order valence-electron chi connectivity index (χ2n) is 6.04. The van der Waals surface area contributed by atoms with E-state index in [2.05, 4.69) is 40.8 Å². The maximum Gasteiger partial charge on any atom is 0.293 e. The lowest BCUT2D eigenvalue weighted by Gasteiger charge is -2.05. The van der Waals surface area contributed by atoms with Crippen molar-refractivity contribution in [2.75, 3.05) is 18.0 Å². The van der Waals surface area contributed by atoms with Crippen LogP contribution in [0.1, 0.15) is 21.7 Å². The molecule has 1 aliphatic heterocycles. The smallest absolute Gasteiger partial charge is 0.293 e. The van der Waals surface area contributed by atoms with Gasteiger partial charge in [-0.15, -0.1) is 5.10 Å². The molecule has 0 saturated heterocycles. The number of amides is 1. The van der Waals surface area contributed by atoms with E-state index in [4.69, 9.17) is 5.73 Å². The van der Waals surface area contributed by atoms with Gasteiger partial charge >= 0.3 is 0 Å². The molecule has 0 fully saturated rings. The van der Waals surface area contributed by atoms with Gasteiger partial charge in [0.05, 0.1) is 12.2 Å². The van der Waals surface area contributed by atoms with Crippen molar-refractivity contribution >= 4 is 51.9 Å². The summed E-state index contributed by atoms with van der Waals surface area (Å²) in [5.41, 5.74) is 9.84. The molecule has 11 nitrogen and oxygen atoms in total. The van der Waals surface area contributed by atoms with Crippen molar-refractivity contribution in [3.05, 3.63) is 53.4 Å². The molecule has 1 aliphatic rings. The quantitative estimate of drug-likeness (QED) is 0.403. The minimum atomic E-state index is -0.512. The van der Waals surface area contributed by atoms with Gasteiger partial charge in [0.1, 0.15) is 4.38 Å². The maximum atomic E-state index is 12.7. The van der Waals surface area contributed by atoms with E-state index in [1.807, 2.05) is 36.4 Å². The molecule has 0 atom stereocenters. The first-order valence-corrected chi connectivity index (χ1v) is 11.1. The number of hydrogen-bond donors (Lipinski definition) is 2. The minimum Gasteiger partial charge on any atom is -0.378 e. The van der Waals surface area contributed by atoms with Crippen LogP contribution in [0.5, 0.6) is 0 Å².